The molecule has 0 aliphatic carbocycles. The molecule has 0 fully saturated rings. The summed E-state index contributed by atoms with van der Waals surface area (Å²) >= 11 is 0. The molecule has 0 aromatic heterocycles. The number of hydrogen-bond acceptors (Lipinski definition) is 2. The summed E-state index contributed by atoms with van der Waals surface area (Å²) in [5.74, 6) is -1.71. The van der Waals surface area contributed by atoms with E-state index in [0.717, 1.165) is 5.56 Å². The first-order valence-corrected chi connectivity index (χ1v) is 7.95. The molecule has 0 aliphatic rings. The lowest BCUT2D eigenvalue weighted by Crippen LogP contribution is -2.49. The van der Waals surface area contributed by atoms with Crippen LogP contribution in [0.25, 0.3) is 0 Å². The second-order valence-electron chi connectivity index (χ2n) is 6.05. The van der Waals surface area contributed by atoms with Crippen LogP contribution in [-0.4, -0.2) is 17.9 Å². The zero-order valence-corrected chi connectivity index (χ0v) is 14.1. The average Bonchev–Trinajstić information content (AvgIpc) is 2.59. The number of hydrogen-bond donors (Lipinski definition) is 2. The Hall–Kier alpha value is -2.76. The van der Waals surface area contributed by atoms with Crippen LogP contribution in [0.1, 0.15) is 29.8 Å². The SMILES string of the molecule is CC(C)[C@@H](NC(=O)c1ccc(F)cc1)C(=O)NCc1ccc(F)cc1. The maximum absolute atomic E-state index is 12.9. The highest BCUT2D eigenvalue weighted by Crippen LogP contribution is 2.08. The quantitative estimate of drug-likeness (QED) is 0.845. The van der Waals surface area contributed by atoms with Crippen LogP contribution in [0.15, 0.2) is 48.5 Å². The molecule has 132 valence electrons. The van der Waals surface area contributed by atoms with Crippen LogP contribution in [0.3, 0.4) is 0 Å². The highest BCUT2D eigenvalue weighted by Gasteiger charge is 2.24. The molecule has 0 saturated carbocycles. The van der Waals surface area contributed by atoms with Crippen molar-refractivity contribution in [2.24, 2.45) is 5.92 Å². The first kappa shape index (κ1) is 18.6. The van der Waals surface area contributed by atoms with Gasteiger partial charge in [-0.3, -0.25) is 9.59 Å². The Morgan fingerprint density at radius 1 is 0.920 bits per heavy atom. The van der Waals surface area contributed by atoms with Gasteiger partial charge in [0.1, 0.15) is 17.7 Å². The van der Waals surface area contributed by atoms with Crippen LogP contribution in [0.5, 0.6) is 0 Å². The zero-order valence-electron chi connectivity index (χ0n) is 14.1. The summed E-state index contributed by atoms with van der Waals surface area (Å²) in [6.07, 6.45) is 0. The lowest BCUT2D eigenvalue weighted by atomic mass is 10.0. The summed E-state index contributed by atoms with van der Waals surface area (Å²) in [4.78, 5) is 24.6. The van der Waals surface area contributed by atoms with Gasteiger partial charge in [-0.1, -0.05) is 26.0 Å². The third kappa shape index (κ3) is 5.38. The average molecular weight is 346 g/mol. The Morgan fingerprint density at radius 3 is 1.96 bits per heavy atom. The smallest absolute Gasteiger partial charge is 0.251 e. The van der Waals surface area contributed by atoms with Crippen molar-refractivity contribution in [1.29, 1.82) is 0 Å². The molecule has 2 N–H and O–H groups in total. The van der Waals surface area contributed by atoms with E-state index in [9.17, 15) is 18.4 Å². The van der Waals surface area contributed by atoms with Crippen LogP contribution in [0, 0.1) is 17.6 Å². The number of amides is 2. The predicted molar refractivity (Wildman–Crippen MR) is 90.7 cm³/mol. The Balaban J connectivity index is 1.98. The molecule has 4 nitrogen and oxygen atoms in total. The van der Waals surface area contributed by atoms with Crippen molar-refractivity contribution >= 4 is 11.8 Å². The molecule has 2 aromatic rings. The summed E-state index contributed by atoms with van der Waals surface area (Å²) in [5, 5.41) is 5.39. The van der Waals surface area contributed by atoms with Gasteiger partial charge in [0, 0.05) is 12.1 Å². The molecule has 0 radical (unpaired) electrons. The van der Waals surface area contributed by atoms with E-state index in [1.54, 1.807) is 12.1 Å². The lowest BCUT2D eigenvalue weighted by Gasteiger charge is -2.22. The second kappa shape index (κ2) is 8.37. The second-order valence-corrected chi connectivity index (χ2v) is 6.05. The molecule has 0 bridgehead atoms. The Morgan fingerprint density at radius 2 is 1.44 bits per heavy atom. The minimum Gasteiger partial charge on any atom is -0.350 e. The highest BCUT2D eigenvalue weighted by atomic mass is 19.1. The van der Waals surface area contributed by atoms with Gasteiger partial charge in [-0.15, -0.1) is 0 Å². The summed E-state index contributed by atoms with van der Waals surface area (Å²) in [5.41, 5.74) is 1.03. The first-order valence-electron chi connectivity index (χ1n) is 7.95. The van der Waals surface area contributed by atoms with Crippen LogP contribution in [0.2, 0.25) is 0 Å². The van der Waals surface area contributed by atoms with Gasteiger partial charge in [-0.05, 0) is 47.9 Å². The maximum Gasteiger partial charge on any atom is 0.251 e. The van der Waals surface area contributed by atoms with E-state index < -0.39 is 17.8 Å². The molecule has 0 spiro atoms. The van der Waals surface area contributed by atoms with E-state index in [4.69, 9.17) is 0 Å². The van der Waals surface area contributed by atoms with Crippen molar-refractivity contribution < 1.29 is 18.4 Å². The van der Waals surface area contributed by atoms with Gasteiger partial charge >= 0.3 is 0 Å². The third-order valence-corrected chi connectivity index (χ3v) is 3.72. The van der Waals surface area contributed by atoms with Crippen molar-refractivity contribution in [3.63, 3.8) is 0 Å². The molecule has 6 heteroatoms. The highest BCUT2D eigenvalue weighted by molar-refractivity contribution is 5.97. The van der Waals surface area contributed by atoms with Crippen LogP contribution in [0.4, 0.5) is 8.78 Å². The molecule has 0 unspecified atom stereocenters. The minimum absolute atomic E-state index is 0.141. The minimum atomic E-state index is -0.738. The van der Waals surface area contributed by atoms with Gasteiger partial charge in [0.15, 0.2) is 0 Å². The van der Waals surface area contributed by atoms with E-state index in [1.165, 1.54) is 36.4 Å². The maximum atomic E-state index is 12.9. The van der Waals surface area contributed by atoms with E-state index in [2.05, 4.69) is 10.6 Å². The molecule has 2 aromatic carbocycles. The third-order valence-electron chi connectivity index (χ3n) is 3.72. The van der Waals surface area contributed by atoms with E-state index in [1.807, 2.05) is 13.8 Å². The number of benzene rings is 2. The molecule has 25 heavy (non-hydrogen) atoms. The monoisotopic (exact) mass is 346 g/mol. The molecule has 0 heterocycles. The molecular weight excluding hydrogens is 326 g/mol. The summed E-state index contributed by atoms with van der Waals surface area (Å²) in [6.45, 7) is 3.86. The fourth-order valence-corrected chi connectivity index (χ4v) is 2.26. The van der Waals surface area contributed by atoms with Crippen molar-refractivity contribution in [3.8, 4) is 0 Å². The van der Waals surface area contributed by atoms with E-state index in [0.29, 0.717) is 0 Å². The number of carbonyl (C=O) groups is 2. The molecule has 0 saturated heterocycles. The first-order chi connectivity index (χ1) is 11.9. The van der Waals surface area contributed by atoms with Gasteiger partial charge in [0.05, 0.1) is 0 Å². The van der Waals surface area contributed by atoms with Crippen molar-refractivity contribution in [2.45, 2.75) is 26.4 Å². The van der Waals surface area contributed by atoms with Gasteiger partial charge in [0.25, 0.3) is 5.91 Å². The van der Waals surface area contributed by atoms with Crippen LogP contribution < -0.4 is 10.6 Å². The van der Waals surface area contributed by atoms with Gasteiger partial charge in [0.2, 0.25) is 5.91 Å². The lowest BCUT2D eigenvalue weighted by molar-refractivity contribution is -0.124. The number of carbonyl (C=O) groups excluding carboxylic acids is 2. The van der Waals surface area contributed by atoms with Gasteiger partial charge in [-0.25, -0.2) is 8.78 Å². The standard InChI is InChI=1S/C19H20F2N2O2/c1-12(2)17(23-18(24)14-5-9-16(21)10-6-14)19(25)22-11-13-3-7-15(20)8-4-13/h3-10,12,17H,11H2,1-2H3,(H,22,25)(H,23,24)/t17-/m1/s1. The Bertz CT molecular complexity index is 728. The number of nitrogens with one attached hydrogen (secondary N) is 2. The fraction of sp³-hybridized carbons (Fsp3) is 0.263. The fourth-order valence-electron chi connectivity index (χ4n) is 2.26. The predicted octanol–water partition coefficient (Wildman–Crippen LogP) is 3.04. The van der Waals surface area contributed by atoms with E-state index in [-0.39, 0.29) is 29.8 Å². The molecule has 1 atom stereocenters. The summed E-state index contributed by atoms with van der Waals surface area (Å²) < 4.78 is 25.8. The normalized spacial score (nSPS) is 11.9. The van der Waals surface area contributed by atoms with Crippen LogP contribution in [-0.2, 0) is 11.3 Å². The Kier molecular flexibility index (Phi) is 6.22. The molecule has 0 aliphatic heterocycles. The zero-order chi connectivity index (χ0) is 18.4. The van der Waals surface area contributed by atoms with Gasteiger partial charge < -0.3 is 10.6 Å². The number of halogens is 2. The van der Waals surface area contributed by atoms with Crippen molar-refractivity contribution in [2.75, 3.05) is 0 Å². The van der Waals surface area contributed by atoms with Crippen LogP contribution >= 0.6 is 0 Å². The molecule has 2 rings (SSSR count). The largest absolute Gasteiger partial charge is 0.350 e. The summed E-state index contributed by atoms with van der Waals surface area (Å²) in [7, 11) is 0. The summed E-state index contributed by atoms with van der Waals surface area (Å²) in [6, 6.07) is 10.2. The molecule has 2 amide bonds. The van der Waals surface area contributed by atoms with Crippen molar-refractivity contribution in [1.82, 2.24) is 10.6 Å². The number of rotatable bonds is 6. The molecular formula is C19H20F2N2O2. The van der Waals surface area contributed by atoms with Gasteiger partial charge in [-0.2, -0.15) is 0 Å². The Labute approximate surface area is 145 Å². The van der Waals surface area contributed by atoms with Crippen molar-refractivity contribution in [3.05, 3.63) is 71.3 Å². The topological polar surface area (TPSA) is 58.2 Å². The van der Waals surface area contributed by atoms with E-state index >= 15 is 0 Å².